The predicted octanol–water partition coefficient (Wildman–Crippen LogP) is 4.81. The van der Waals surface area contributed by atoms with Crippen molar-refractivity contribution >= 4 is 17.1 Å². The number of nitrogens with zero attached hydrogens (tertiary/aromatic N) is 1. The molecule has 0 aromatic heterocycles. The molecule has 0 radical (unpaired) electrons. The summed E-state index contributed by atoms with van der Waals surface area (Å²) in [5.74, 6) is 0.336. The Kier molecular flexibility index (Phi) is 5.35. The molecule has 3 rings (SSSR count). The third-order valence-corrected chi connectivity index (χ3v) is 6.03. The van der Waals surface area contributed by atoms with Crippen molar-refractivity contribution in [3.8, 4) is 0 Å². The van der Waals surface area contributed by atoms with Gasteiger partial charge in [0.25, 0.3) is 0 Å². The van der Waals surface area contributed by atoms with E-state index < -0.39 is 5.41 Å². The van der Waals surface area contributed by atoms with Gasteiger partial charge in [-0.25, -0.2) is 0 Å². The minimum atomic E-state index is -0.391. The maximum Gasteiger partial charge on any atom is 0.130 e. The van der Waals surface area contributed by atoms with Crippen molar-refractivity contribution in [3.63, 3.8) is 0 Å². The summed E-state index contributed by atoms with van der Waals surface area (Å²) < 4.78 is 0. The van der Waals surface area contributed by atoms with E-state index in [1.807, 2.05) is 0 Å². The van der Waals surface area contributed by atoms with Crippen LogP contribution in [0.2, 0.25) is 0 Å². The molecule has 0 saturated carbocycles. The highest BCUT2D eigenvalue weighted by Gasteiger charge is 2.38. The van der Waals surface area contributed by atoms with Crippen molar-refractivity contribution in [1.82, 2.24) is 4.90 Å². The number of carbonyl (C=O) groups excluding carboxylic acids is 1. The second kappa shape index (κ2) is 7.48. The summed E-state index contributed by atoms with van der Waals surface area (Å²) in [5.41, 5.74) is 0.822. The van der Waals surface area contributed by atoms with Gasteiger partial charge >= 0.3 is 0 Å². The molecule has 2 heteroatoms. The molecule has 1 aliphatic heterocycles. The van der Waals surface area contributed by atoms with Crippen molar-refractivity contribution in [2.24, 2.45) is 5.92 Å². The molecule has 128 valence electrons. The van der Waals surface area contributed by atoms with Crippen LogP contribution < -0.4 is 0 Å². The van der Waals surface area contributed by atoms with Gasteiger partial charge in [-0.3, -0.25) is 0 Å². The lowest BCUT2D eigenvalue weighted by atomic mass is 9.67. The topological polar surface area (TPSA) is 20.3 Å². The fourth-order valence-electron chi connectivity index (χ4n) is 4.23. The highest BCUT2D eigenvalue weighted by molar-refractivity contribution is 5.90. The Hall–Kier alpha value is -1.67. The highest BCUT2D eigenvalue weighted by Crippen LogP contribution is 2.40. The van der Waals surface area contributed by atoms with Gasteiger partial charge < -0.3 is 9.69 Å². The second-order valence-corrected chi connectivity index (χ2v) is 7.29. The first-order chi connectivity index (χ1) is 11.7. The third-order valence-electron chi connectivity index (χ3n) is 6.03. The molecular weight excluding hydrogens is 294 g/mol. The average molecular weight is 323 g/mol. The molecule has 2 nitrogen and oxygen atoms in total. The van der Waals surface area contributed by atoms with Gasteiger partial charge in [-0.15, -0.1) is 0 Å². The number of likely N-dealkylation sites (tertiary alicyclic amines) is 1. The molecule has 2 atom stereocenters. The van der Waals surface area contributed by atoms with Crippen LogP contribution in [0.1, 0.15) is 45.1 Å². The van der Waals surface area contributed by atoms with Gasteiger partial charge in [0.1, 0.15) is 6.29 Å². The molecule has 0 bridgehead atoms. The van der Waals surface area contributed by atoms with E-state index in [1.165, 1.54) is 48.6 Å². The summed E-state index contributed by atoms with van der Waals surface area (Å²) in [7, 11) is 0. The molecular formula is C22H29NO. The maximum atomic E-state index is 12.5. The molecule has 1 aliphatic rings. The van der Waals surface area contributed by atoms with E-state index in [1.54, 1.807) is 0 Å². The first-order valence-corrected chi connectivity index (χ1v) is 9.38. The molecule has 2 unspecified atom stereocenters. The standard InChI is InChI=1S/C22H29NO/c1-3-18(2)22(17-24,13-16-23-14-6-7-15-23)21-12-8-10-19-9-4-5-11-20(19)21/h4-5,8-12,17-18H,3,6-7,13-16H2,1-2H3. The lowest BCUT2D eigenvalue weighted by Gasteiger charge is -2.36. The molecule has 2 aromatic rings. The van der Waals surface area contributed by atoms with Crippen LogP contribution in [0, 0.1) is 5.92 Å². The van der Waals surface area contributed by atoms with Crippen LogP contribution in [0.15, 0.2) is 42.5 Å². The number of carbonyl (C=O) groups is 1. The Balaban J connectivity index is 2.03. The summed E-state index contributed by atoms with van der Waals surface area (Å²) in [6, 6.07) is 14.9. The smallest absolute Gasteiger partial charge is 0.130 e. The van der Waals surface area contributed by atoms with Gasteiger partial charge in [0, 0.05) is 0 Å². The molecule has 0 N–H and O–H groups in total. The Morgan fingerprint density at radius 1 is 1.12 bits per heavy atom. The fourth-order valence-corrected chi connectivity index (χ4v) is 4.23. The molecule has 0 spiro atoms. The van der Waals surface area contributed by atoms with Crippen molar-refractivity contribution in [2.75, 3.05) is 19.6 Å². The molecule has 1 fully saturated rings. The van der Waals surface area contributed by atoms with Gasteiger partial charge in [-0.05, 0) is 61.2 Å². The number of benzene rings is 2. The Labute approximate surface area is 145 Å². The van der Waals surface area contributed by atoms with Gasteiger partial charge in [0.15, 0.2) is 0 Å². The SMILES string of the molecule is CCC(C)C(C=O)(CCN1CCCC1)c1cccc2ccccc12. The number of hydrogen-bond acceptors (Lipinski definition) is 2. The third kappa shape index (κ3) is 3.12. The maximum absolute atomic E-state index is 12.5. The Morgan fingerprint density at radius 3 is 2.54 bits per heavy atom. The minimum Gasteiger partial charge on any atom is -0.303 e. The van der Waals surface area contributed by atoms with E-state index in [0.717, 1.165) is 19.4 Å². The summed E-state index contributed by atoms with van der Waals surface area (Å²) in [4.78, 5) is 15.0. The summed E-state index contributed by atoms with van der Waals surface area (Å²) in [6.45, 7) is 7.83. The van der Waals surface area contributed by atoms with Crippen LogP contribution in [0.25, 0.3) is 10.8 Å². The number of fused-ring (bicyclic) bond motifs is 1. The molecule has 0 aliphatic carbocycles. The Morgan fingerprint density at radius 2 is 1.83 bits per heavy atom. The van der Waals surface area contributed by atoms with Gasteiger partial charge in [-0.2, -0.15) is 0 Å². The van der Waals surface area contributed by atoms with Crippen molar-refractivity contribution in [1.29, 1.82) is 0 Å². The summed E-state index contributed by atoms with van der Waals surface area (Å²) in [5, 5.41) is 2.46. The number of aldehydes is 1. The van der Waals surface area contributed by atoms with Gasteiger partial charge in [0.2, 0.25) is 0 Å². The van der Waals surface area contributed by atoms with Crippen molar-refractivity contribution in [2.45, 2.75) is 44.9 Å². The lowest BCUT2D eigenvalue weighted by Crippen LogP contribution is -2.39. The van der Waals surface area contributed by atoms with Crippen LogP contribution in [0.4, 0.5) is 0 Å². The minimum absolute atomic E-state index is 0.336. The Bertz CT molecular complexity index is 684. The summed E-state index contributed by atoms with van der Waals surface area (Å²) in [6.07, 6.45) is 5.78. The summed E-state index contributed by atoms with van der Waals surface area (Å²) >= 11 is 0. The zero-order chi connectivity index (χ0) is 17.0. The van der Waals surface area contributed by atoms with Crippen molar-refractivity contribution in [3.05, 3.63) is 48.0 Å². The quantitative estimate of drug-likeness (QED) is 0.682. The molecule has 2 aromatic carbocycles. The molecule has 0 amide bonds. The monoisotopic (exact) mass is 323 g/mol. The van der Waals surface area contributed by atoms with Crippen molar-refractivity contribution < 1.29 is 4.79 Å². The first-order valence-electron chi connectivity index (χ1n) is 9.38. The van der Waals surface area contributed by atoms with Crippen LogP contribution in [0.5, 0.6) is 0 Å². The highest BCUT2D eigenvalue weighted by atomic mass is 16.1. The average Bonchev–Trinajstić information content (AvgIpc) is 3.16. The van der Waals surface area contributed by atoms with E-state index in [9.17, 15) is 4.79 Å². The van der Waals surface area contributed by atoms with E-state index >= 15 is 0 Å². The fraction of sp³-hybridized carbons (Fsp3) is 0.500. The van der Waals surface area contributed by atoms with Crippen LogP contribution in [-0.4, -0.2) is 30.8 Å². The molecule has 1 heterocycles. The second-order valence-electron chi connectivity index (χ2n) is 7.29. The molecule has 1 saturated heterocycles. The van der Waals surface area contributed by atoms with E-state index in [2.05, 4.69) is 61.2 Å². The molecule has 24 heavy (non-hydrogen) atoms. The zero-order valence-electron chi connectivity index (χ0n) is 15.0. The van der Waals surface area contributed by atoms with E-state index in [4.69, 9.17) is 0 Å². The van der Waals surface area contributed by atoms with Crippen LogP contribution in [0.3, 0.4) is 0 Å². The first kappa shape index (κ1) is 17.2. The normalized spacial score (nSPS) is 19.2. The lowest BCUT2D eigenvalue weighted by molar-refractivity contribution is -0.114. The van der Waals surface area contributed by atoms with E-state index in [-0.39, 0.29) is 0 Å². The van der Waals surface area contributed by atoms with E-state index in [0.29, 0.717) is 5.92 Å². The van der Waals surface area contributed by atoms with Crippen LogP contribution in [-0.2, 0) is 10.2 Å². The van der Waals surface area contributed by atoms with Gasteiger partial charge in [0.05, 0.1) is 5.41 Å². The zero-order valence-corrected chi connectivity index (χ0v) is 15.0. The largest absolute Gasteiger partial charge is 0.303 e. The number of rotatable bonds is 7. The number of hydrogen-bond donors (Lipinski definition) is 0. The van der Waals surface area contributed by atoms with Crippen LogP contribution >= 0.6 is 0 Å². The van der Waals surface area contributed by atoms with Gasteiger partial charge in [-0.1, -0.05) is 62.7 Å². The predicted molar refractivity (Wildman–Crippen MR) is 101 cm³/mol.